The van der Waals surface area contributed by atoms with Crippen molar-refractivity contribution >= 4 is 5.91 Å². The van der Waals surface area contributed by atoms with Gasteiger partial charge in [0.05, 0.1) is 0 Å². The van der Waals surface area contributed by atoms with E-state index in [1.165, 1.54) is 0 Å². The predicted molar refractivity (Wildman–Crippen MR) is 90.5 cm³/mol. The van der Waals surface area contributed by atoms with Crippen LogP contribution in [0.5, 0.6) is 11.5 Å². The summed E-state index contributed by atoms with van der Waals surface area (Å²) in [5.74, 6) is 3.64. The number of rotatable bonds is 5. The summed E-state index contributed by atoms with van der Waals surface area (Å²) in [6.45, 7) is 3.11. The highest BCUT2D eigenvalue weighted by molar-refractivity contribution is 5.76. The number of aromatic nitrogens is 3. The van der Waals surface area contributed by atoms with Gasteiger partial charge in [-0.25, -0.2) is 0 Å². The van der Waals surface area contributed by atoms with Crippen molar-refractivity contribution in [1.82, 2.24) is 20.1 Å². The number of aryl methyl sites for hydroxylation is 3. The van der Waals surface area contributed by atoms with E-state index in [4.69, 9.17) is 9.47 Å². The second-order valence-electron chi connectivity index (χ2n) is 6.49. The number of amides is 1. The van der Waals surface area contributed by atoms with Crippen molar-refractivity contribution < 1.29 is 14.3 Å². The van der Waals surface area contributed by atoms with Gasteiger partial charge in [-0.2, -0.15) is 0 Å². The van der Waals surface area contributed by atoms with E-state index < -0.39 is 0 Å². The number of hydrogen-bond donors (Lipinski definition) is 1. The number of ether oxygens (including phenoxy) is 2. The van der Waals surface area contributed by atoms with E-state index in [9.17, 15) is 4.79 Å². The lowest BCUT2D eigenvalue weighted by Gasteiger charge is -2.25. The molecule has 0 fully saturated rings. The SMILES string of the molecule is CCc1nnc2n1C[C@@H](NC(=O)CCc1ccc3c(c1)OCO3)CC2. The number of benzene rings is 1. The van der Waals surface area contributed by atoms with Gasteiger partial charge in [0.2, 0.25) is 12.7 Å². The molecule has 0 saturated carbocycles. The van der Waals surface area contributed by atoms with Crippen LogP contribution in [0.2, 0.25) is 0 Å². The number of fused-ring (bicyclic) bond motifs is 2. The summed E-state index contributed by atoms with van der Waals surface area (Å²) in [5.41, 5.74) is 1.08. The van der Waals surface area contributed by atoms with Crippen LogP contribution in [-0.4, -0.2) is 33.5 Å². The van der Waals surface area contributed by atoms with Crippen molar-refractivity contribution in [3.05, 3.63) is 35.4 Å². The lowest BCUT2D eigenvalue weighted by atomic mass is 10.1. The first-order chi connectivity index (χ1) is 12.2. The molecule has 1 amide bonds. The summed E-state index contributed by atoms with van der Waals surface area (Å²) in [7, 11) is 0. The van der Waals surface area contributed by atoms with Gasteiger partial charge in [-0.05, 0) is 30.5 Å². The monoisotopic (exact) mass is 342 g/mol. The largest absolute Gasteiger partial charge is 0.454 e. The highest BCUT2D eigenvalue weighted by atomic mass is 16.7. The molecule has 0 bridgehead atoms. The van der Waals surface area contributed by atoms with Crippen LogP contribution in [0.3, 0.4) is 0 Å². The van der Waals surface area contributed by atoms with E-state index in [1.807, 2.05) is 18.2 Å². The Hall–Kier alpha value is -2.57. The number of carbonyl (C=O) groups is 1. The van der Waals surface area contributed by atoms with Gasteiger partial charge in [0.25, 0.3) is 0 Å². The maximum Gasteiger partial charge on any atom is 0.231 e. The van der Waals surface area contributed by atoms with Crippen LogP contribution in [0.4, 0.5) is 0 Å². The Bertz CT molecular complexity index is 773. The standard InChI is InChI=1S/C18H22N4O3/c1-2-16-20-21-17-7-5-13(10-22(16)17)19-18(23)8-4-12-3-6-14-15(9-12)25-11-24-14/h3,6,9,13H,2,4-5,7-8,10-11H2,1H3,(H,19,23)/t13-/m0/s1. The van der Waals surface area contributed by atoms with E-state index in [-0.39, 0.29) is 18.7 Å². The minimum absolute atomic E-state index is 0.0808. The summed E-state index contributed by atoms with van der Waals surface area (Å²) in [6.07, 6.45) is 3.79. The Morgan fingerprint density at radius 1 is 1.32 bits per heavy atom. The van der Waals surface area contributed by atoms with Crippen molar-refractivity contribution in [2.45, 2.75) is 51.6 Å². The normalized spacial score (nSPS) is 18.0. The van der Waals surface area contributed by atoms with Gasteiger partial charge >= 0.3 is 0 Å². The lowest BCUT2D eigenvalue weighted by molar-refractivity contribution is -0.122. The second-order valence-corrected chi connectivity index (χ2v) is 6.49. The first kappa shape index (κ1) is 15.9. The van der Waals surface area contributed by atoms with E-state index in [0.29, 0.717) is 12.8 Å². The molecule has 7 nitrogen and oxygen atoms in total. The van der Waals surface area contributed by atoms with Crippen LogP contribution >= 0.6 is 0 Å². The number of carbonyl (C=O) groups excluding carboxylic acids is 1. The zero-order valence-corrected chi connectivity index (χ0v) is 14.3. The molecule has 1 aromatic carbocycles. The molecule has 2 aromatic rings. The average Bonchev–Trinajstić information content (AvgIpc) is 3.25. The lowest BCUT2D eigenvalue weighted by Crippen LogP contribution is -2.41. The molecule has 2 aliphatic rings. The smallest absolute Gasteiger partial charge is 0.231 e. The Morgan fingerprint density at radius 2 is 2.20 bits per heavy atom. The quantitative estimate of drug-likeness (QED) is 0.894. The van der Waals surface area contributed by atoms with Crippen LogP contribution in [0.1, 0.15) is 37.0 Å². The van der Waals surface area contributed by atoms with Crippen LogP contribution in [0.15, 0.2) is 18.2 Å². The van der Waals surface area contributed by atoms with Gasteiger partial charge in [-0.15, -0.1) is 10.2 Å². The number of hydrogen-bond acceptors (Lipinski definition) is 5. The molecule has 0 aliphatic carbocycles. The zero-order chi connectivity index (χ0) is 17.2. The molecular formula is C18H22N4O3. The Morgan fingerprint density at radius 3 is 3.08 bits per heavy atom. The topological polar surface area (TPSA) is 78.3 Å². The molecule has 7 heteroatoms. The van der Waals surface area contributed by atoms with Gasteiger partial charge in [-0.3, -0.25) is 4.79 Å². The Balaban J connectivity index is 1.31. The Labute approximate surface area is 146 Å². The third-order valence-corrected chi connectivity index (χ3v) is 4.78. The molecule has 132 valence electrons. The molecule has 0 spiro atoms. The van der Waals surface area contributed by atoms with Crippen molar-refractivity contribution in [2.75, 3.05) is 6.79 Å². The summed E-state index contributed by atoms with van der Waals surface area (Å²) >= 11 is 0. The summed E-state index contributed by atoms with van der Waals surface area (Å²) in [6, 6.07) is 5.99. The van der Waals surface area contributed by atoms with Crippen LogP contribution < -0.4 is 14.8 Å². The van der Waals surface area contributed by atoms with Gasteiger partial charge in [0.15, 0.2) is 11.5 Å². The maximum atomic E-state index is 12.3. The third kappa shape index (κ3) is 3.31. The number of nitrogens with zero attached hydrogens (tertiary/aromatic N) is 3. The zero-order valence-electron chi connectivity index (χ0n) is 14.3. The van der Waals surface area contributed by atoms with Crippen molar-refractivity contribution in [2.24, 2.45) is 0 Å². The molecule has 2 aliphatic heterocycles. The average molecular weight is 342 g/mol. The van der Waals surface area contributed by atoms with Gasteiger partial charge in [-0.1, -0.05) is 13.0 Å². The van der Waals surface area contributed by atoms with Gasteiger partial charge in [0.1, 0.15) is 11.6 Å². The molecule has 1 N–H and O–H groups in total. The van der Waals surface area contributed by atoms with E-state index >= 15 is 0 Å². The first-order valence-corrected chi connectivity index (χ1v) is 8.81. The van der Waals surface area contributed by atoms with Crippen LogP contribution in [0, 0.1) is 0 Å². The molecule has 1 aromatic heterocycles. The van der Waals surface area contributed by atoms with E-state index in [1.54, 1.807) is 0 Å². The summed E-state index contributed by atoms with van der Waals surface area (Å²) in [4.78, 5) is 12.3. The van der Waals surface area contributed by atoms with E-state index in [0.717, 1.165) is 54.5 Å². The molecule has 4 rings (SSSR count). The number of nitrogens with one attached hydrogen (secondary N) is 1. The maximum absolute atomic E-state index is 12.3. The molecule has 1 atom stereocenters. The van der Waals surface area contributed by atoms with Crippen LogP contribution in [0.25, 0.3) is 0 Å². The minimum atomic E-state index is 0.0808. The van der Waals surface area contributed by atoms with Crippen LogP contribution in [-0.2, 0) is 30.6 Å². The molecule has 25 heavy (non-hydrogen) atoms. The fourth-order valence-electron chi connectivity index (χ4n) is 3.42. The highest BCUT2D eigenvalue weighted by Gasteiger charge is 2.23. The Kier molecular flexibility index (Phi) is 4.29. The molecule has 0 unspecified atom stereocenters. The first-order valence-electron chi connectivity index (χ1n) is 8.81. The minimum Gasteiger partial charge on any atom is -0.454 e. The third-order valence-electron chi connectivity index (χ3n) is 4.78. The van der Waals surface area contributed by atoms with E-state index in [2.05, 4.69) is 27.0 Å². The van der Waals surface area contributed by atoms with Crippen molar-refractivity contribution in [1.29, 1.82) is 0 Å². The van der Waals surface area contributed by atoms with Gasteiger partial charge in [0, 0.05) is 31.8 Å². The fourth-order valence-corrected chi connectivity index (χ4v) is 3.42. The molecule has 0 saturated heterocycles. The predicted octanol–water partition coefficient (Wildman–Crippen LogP) is 1.63. The highest BCUT2D eigenvalue weighted by Crippen LogP contribution is 2.32. The van der Waals surface area contributed by atoms with Gasteiger partial charge < -0.3 is 19.4 Å². The molecular weight excluding hydrogens is 320 g/mol. The second kappa shape index (κ2) is 6.74. The molecule has 0 radical (unpaired) electrons. The fraction of sp³-hybridized carbons (Fsp3) is 0.500. The summed E-state index contributed by atoms with van der Waals surface area (Å²) < 4.78 is 12.8. The van der Waals surface area contributed by atoms with Crippen molar-refractivity contribution in [3.8, 4) is 11.5 Å². The molecule has 3 heterocycles. The van der Waals surface area contributed by atoms with Crippen molar-refractivity contribution in [3.63, 3.8) is 0 Å². The summed E-state index contributed by atoms with van der Waals surface area (Å²) in [5, 5.41) is 11.6.